The lowest BCUT2D eigenvalue weighted by Crippen LogP contribution is -2.42. The Morgan fingerprint density at radius 2 is 1.85 bits per heavy atom. The van der Waals surface area contributed by atoms with E-state index in [0.717, 1.165) is 11.3 Å². The normalized spacial score (nSPS) is 11.7. The lowest BCUT2D eigenvalue weighted by Gasteiger charge is -2.23. The minimum atomic E-state index is -0.452. The zero-order valence-corrected chi connectivity index (χ0v) is 16.0. The molecule has 2 N–H and O–H groups in total. The first-order valence-electron chi connectivity index (χ1n) is 8.68. The molecule has 0 aliphatic rings. The van der Waals surface area contributed by atoms with Crippen LogP contribution in [-0.2, 0) is 13.1 Å². The average Bonchev–Trinajstić information content (AvgIpc) is 3.07. The van der Waals surface area contributed by atoms with E-state index in [4.69, 9.17) is 11.6 Å². The molecule has 0 atom stereocenters. The van der Waals surface area contributed by atoms with Crippen molar-refractivity contribution in [2.45, 2.75) is 32.5 Å². The highest BCUT2D eigenvalue weighted by Gasteiger charge is 2.20. The molecule has 0 unspecified atom stereocenters. The number of aliphatic hydroxyl groups is 1. The molecule has 3 rings (SSSR count). The molecule has 0 aliphatic heterocycles. The molecule has 3 aromatic rings. The zero-order valence-electron chi connectivity index (χ0n) is 15.3. The van der Waals surface area contributed by atoms with E-state index in [2.05, 4.69) is 15.5 Å². The quantitative estimate of drug-likeness (QED) is 0.648. The molecule has 0 saturated carbocycles. The van der Waals surface area contributed by atoms with Crippen molar-refractivity contribution < 1.29 is 9.50 Å². The van der Waals surface area contributed by atoms with Crippen LogP contribution in [0.5, 0.6) is 0 Å². The number of halogens is 2. The number of hydrogen-bond acceptors (Lipinski definition) is 4. The summed E-state index contributed by atoms with van der Waals surface area (Å²) in [6.45, 7) is 4.35. The topological polar surface area (TPSA) is 63.0 Å². The summed E-state index contributed by atoms with van der Waals surface area (Å²) >= 11 is 6.13. The summed E-state index contributed by atoms with van der Waals surface area (Å²) in [4.78, 5) is 1.45. The van der Waals surface area contributed by atoms with E-state index in [-0.39, 0.29) is 19.0 Å². The summed E-state index contributed by atoms with van der Waals surface area (Å²) in [5.41, 5.74) is 2.25. The first-order valence-corrected chi connectivity index (χ1v) is 9.05. The third kappa shape index (κ3) is 4.71. The molecule has 0 aliphatic carbocycles. The standard InChI is InChI=1S/C20H22ClFN4O/c1-20(2,13-27)23-11-18-19(14-7-4-3-5-8-14)25-26(24-18)12-15-16(21)9-6-10-17(15)22/h3-10,23,27H,11-13H2,1-2H3. The molecule has 0 spiro atoms. The molecule has 0 saturated heterocycles. The molecule has 0 amide bonds. The molecule has 1 heterocycles. The first-order chi connectivity index (χ1) is 12.9. The van der Waals surface area contributed by atoms with E-state index in [1.165, 1.54) is 10.9 Å². The maximum Gasteiger partial charge on any atom is 0.129 e. The van der Waals surface area contributed by atoms with Crippen molar-refractivity contribution in [3.63, 3.8) is 0 Å². The van der Waals surface area contributed by atoms with Crippen LogP contribution in [0.3, 0.4) is 0 Å². The smallest absolute Gasteiger partial charge is 0.129 e. The van der Waals surface area contributed by atoms with E-state index in [1.54, 1.807) is 12.1 Å². The second-order valence-corrected chi connectivity index (χ2v) is 7.39. The number of nitrogens with zero attached hydrogens (tertiary/aromatic N) is 3. The van der Waals surface area contributed by atoms with Crippen molar-refractivity contribution in [3.8, 4) is 11.3 Å². The lowest BCUT2D eigenvalue weighted by molar-refractivity contribution is 0.187. The molecule has 5 nitrogen and oxygen atoms in total. The largest absolute Gasteiger partial charge is 0.394 e. The number of aromatic nitrogens is 3. The molecule has 0 radical (unpaired) electrons. The predicted octanol–water partition coefficient (Wildman–Crippen LogP) is 3.65. The minimum absolute atomic E-state index is 0.00730. The van der Waals surface area contributed by atoms with E-state index < -0.39 is 5.54 Å². The van der Waals surface area contributed by atoms with Gasteiger partial charge in [0, 0.05) is 28.2 Å². The molecular weight excluding hydrogens is 367 g/mol. The fourth-order valence-corrected chi connectivity index (χ4v) is 2.82. The minimum Gasteiger partial charge on any atom is -0.394 e. The molecule has 1 aromatic heterocycles. The van der Waals surface area contributed by atoms with Crippen molar-refractivity contribution in [3.05, 3.63) is 70.6 Å². The van der Waals surface area contributed by atoms with Crippen molar-refractivity contribution in [2.24, 2.45) is 0 Å². The van der Waals surface area contributed by atoms with Gasteiger partial charge in [-0.1, -0.05) is 48.0 Å². The van der Waals surface area contributed by atoms with E-state index in [0.29, 0.717) is 22.8 Å². The molecule has 142 valence electrons. The Balaban J connectivity index is 1.94. The van der Waals surface area contributed by atoms with Crippen molar-refractivity contribution in [1.82, 2.24) is 20.3 Å². The van der Waals surface area contributed by atoms with Gasteiger partial charge in [0.25, 0.3) is 0 Å². The highest BCUT2D eigenvalue weighted by molar-refractivity contribution is 6.31. The summed E-state index contributed by atoms with van der Waals surface area (Å²) in [7, 11) is 0. The van der Waals surface area contributed by atoms with Gasteiger partial charge in [-0.25, -0.2) is 4.39 Å². The van der Waals surface area contributed by atoms with E-state index in [1.807, 2.05) is 44.2 Å². The lowest BCUT2D eigenvalue weighted by atomic mass is 10.1. The Morgan fingerprint density at radius 1 is 1.11 bits per heavy atom. The third-order valence-electron chi connectivity index (χ3n) is 4.26. The summed E-state index contributed by atoms with van der Waals surface area (Å²) in [6, 6.07) is 14.3. The molecule has 7 heteroatoms. The number of benzene rings is 2. The Labute approximate surface area is 162 Å². The van der Waals surface area contributed by atoms with Crippen LogP contribution in [0.4, 0.5) is 4.39 Å². The van der Waals surface area contributed by atoms with Crippen molar-refractivity contribution in [2.75, 3.05) is 6.61 Å². The van der Waals surface area contributed by atoms with Gasteiger partial charge in [0.05, 0.1) is 13.2 Å². The molecule has 0 fully saturated rings. The molecular formula is C20H22ClFN4O. The van der Waals surface area contributed by atoms with Gasteiger partial charge in [-0.2, -0.15) is 15.0 Å². The number of nitrogens with one attached hydrogen (secondary N) is 1. The summed E-state index contributed by atoms with van der Waals surface area (Å²) in [5.74, 6) is -0.387. The van der Waals surface area contributed by atoms with Crippen LogP contribution in [0, 0.1) is 5.82 Å². The second-order valence-electron chi connectivity index (χ2n) is 6.99. The van der Waals surface area contributed by atoms with E-state index >= 15 is 0 Å². The van der Waals surface area contributed by atoms with Crippen molar-refractivity contribution >= 4 is 11.6 Å². The predicted molar refractivity (Wildman–Crippen MR) is 104 cm³/mol. The Kier molecular flexibility index (Phi) is 5.89. The summed E-state index contributed by atoms with van der Waals surface area (Å²) in [6.07, 6.45) is 0. The third-order valence-corrected chi connectivity index (χ3v) is 4.62. The van der Waals surface area contributed by atoms with Gasteiger partial charge in [-0.3, -0.25) is 0 Å². The SMILES string of the molecule is CC(C)(CO)NCc1nn(Cc2c(F)cccc2Cl)nc1-c1ccccc1. The maximum atomic E-state index is 14.1. The van der Waals surface area contributed by atoms with Gasteiger partial charge in [0.15, 0.2) is 0 Å². The number of aliphatic hydroxyl groups excluding tert-OH is 1. The number of hydrogen-bond donors (Lipinski definition) is 2. The number of rotatable bonds is 7. The van der Waals surface area contributed by atoms with Crippen LogP contribution in [0.1, 0.15) is 25.1 Å². The van der Waals surface area contributed by atoms with Gasteiger partial charge in [0.1, 0.15) is 17.2 Å². The Hall–Kier alpha value is -2.28. The molecule has 27 heavy (non-hydrogen) atoms. The molecule has 2 aromatic carbocycles. The second kappa shape index (κ2) is 8.17. The van der Waals surface area contributed by atoms with Crippen LogP contribution < -0.4 is 5.32 Å². The average molecular weight is 389 g/mol. The monoisotopic (exact) mass is 388 g/mol. The first kappa shape index (κ1) is 19.5. The summed E-state index contributed by atoms with van der Waals surface area (Å²) < 4.78 is 14.1. The fraction of sp³-hybridized carbons (Fsp3) is 0.300. The van der Waals surface area contributed by atoms with Crippen LogP contribution >= 0.6 is 11.6 Å². The fourth-order valence-electron chi connectivity index (χ4n) is 2.60. The Bertz CT molecular complexity index is 891. The van der Waals surface area contributed by atoms with Gasteiger partial charge < -0.3 is 10.4 Å². The van der Waals surface area contributed by atoms with Crippen molar-refractivity contribution in [1.29, 1.82) is 0 Å². The van der Waals surface area contributed by atoms with Gasteiger partial charge in [-0.05, 0) is 26.0 Å². The maximum absolute atomic E-state index is 14.1. The van der Waals surface area contributed by atoms with Crippen LogP contribution in [0.15, 0.2) is 48.5 Å². The Morgan fingerprint density at radius 3 is 2.52 bits per heavy atom. The van der Waals surface area contributed by atoms with Crippen LogP contribution in [0.2, 0.25) is 5.02 Å². The van der Waals surface area contributed by atoms with Crippen LogP contribution in [-0.4, -0.2) is 32.2 Å². The van der Waals surface area contributed by atoms with Gasteiger partial charge >= 0.3 is 0 Å². The van der Waals surface area contributed by atoms with E-state index in [9.17, 15) is 9.50 Å². The van der Waals surface area contributed by atoms with Gasteiger partial charge in [0.2, 0.25) is 0 Å². The summed E-state index contributed by atoms with van der Waals surface area (Å²) in [5, 5.41) is 22.2. The highest BCUT2D eigenvalue weighted by Crippen LogP contribution is 2.23. The van der Waals surface area contributed by atoms with Crippen LogP contribution in [0.25, 0.3) is 11.3 Å². The van der Waals surface area contributed by atoms with Gasteiger partial charge in [-0.15, -0.1) is 0 Å². The zero-order chi connectivity index (χ0) is 19.4. The highest BCUT2D eigenvalue weighted by atomic mass is 35.5. The molecule has 0 bridgehead atoms.